The summed E-state index contributed by atoms with van der Waals surface area (Å²) < 4.78 is 0. The Kier molecular flexibility index (Phi) is 3.48. The van der Waals surface area contributed by atoms with Gasteiger partial charge in [-0.1, -0.05) is 54.1 Å². The third kappa shape index (κ3) is 2.30. The molecule has 0 fully saturated rings. The number of carbonyl (C=O) groups excluding carboxylic acids is 1. The van der Waals surface area contributed by atoms with Crippen molar-refractivity contribution in [1.82, 2.24) is 0 Å². The van der Waals surface area contributed by atoms with Gasteiger partial charge < -0.3 is 0 Å². The van der Waals surface area contributed by atoms with E-state index >= 15 is 0 Å². The van der Waals surface area contributed by atoms with Crippen molar-refractivity contribution in [3.05, 3.63) is 82.0 Å². The Balaban J connectivity index is 0.000000205. The van der Waals surface area contributed by atoms with Crippen molar-refractivity contribution in [2.75, 3.05) is 0 Å². The molecule has 0 aliphatic heterocycles. The summed E-state index contributed by atoms with van der Waals surface area (Å²) in [7, 11) is 0. The number of aryl methyl sites for hydroxylation is 1. The van der Waals surface area contributed by atoms with E-state index in [1.807, 2.05) is 72.3 Å². The van der Waals surface area contributed by atoms with Gasteiger partial charge in [0.1, 0.15) is 0 Å². The molecule has 0 bridgehead atoms. The Morgan fingerprint density at radius 1 is 0.750 bits per heavy atom. The summed E-state index contributed by atoms with van der Waals surface area (Å²) in [5.41, 5.74) is 4.95. The number of hydrogen-bond donors (Lipinski definition) is 0. The minimum absolute atomic E-state index is 0.157. The molecule has 1 heterocycles. The monoisotopic (exact) mass is 278 g/mol. The molecule has 0 N–H and O–H groups in total. The van der Waals surface area contributed by atoms with Crippen LogP contribution in [0, 0.1) is 6.92 Å². The third-order valence-corrected chi connectivity index (χ3v) is 3.94. The predicted molar refractivity (Wildman–Crippen MR) is 84.4 cm³/mol. The molecule has 1 aliphatic rings. The topological polar surface area (TPSA) is 17.1 Å². The van der Waals surface area contributed by atoms with Crippen LogP contribution in [0.5, 0.6) is 0 Å². The minimum atomic E-state index is 0.157. The molecule has 4 rings (SSSR count). The van der Waals surface area contributed by atoms with Crippen LogP contribution < -0.4 is 0 Å². The Hall–Kier alpha value is -2.19. The summed E-state index contributed by atoms with van der Waals surface area (Å²) >= 11 is 1.71. The molecular formula is C18H14OS. The number of ketones is 1. The van der Waals surface area contributed by atoms with Gasteiger partial charge in [0.25, 0.3) is 0 Å². The van der Waals surface area contributed by atoms with E-state index in [0.717, 1.165) is 27.8 Å². The fourth-order valence-electron chi connectivity index (χ4n) is 2.37. The number of rotatable bonds is 0. The molecule has 3 aromatic rings. The van der Waals surface area contributed by atoms with E-state index < -0.39 is 0 Å². The number of carbonyl (C=O) groups is 1. The minimum Gasteiger partial charge on any atom is -0.289 e. The molecule has 2 aromatic carbocycles. The average Bonchev–Trinajstić information content (AvgIpc) is 3.12. The van der Waals surface area contributed by atoms with Gasteiger partial charge in [0.2, 0.25) is 0 Å². The van der Waals surface area contributed by atoms with Crippen LogP contribution in [-0.2, 0) is 0 Å². The normalized spacial score (nSPS) is 11.3. The average molecular weight is 278 g/mol. The Morgan fingerprint density at radius 2 is 1.40 bits per heavy atom. The Bertz CT molecular complexity index is 725. The lowest BCUT2D eigenvalue weighted by molar-refractivity contribution is 0.104. The van der Waals surface area contributed by atoms with Crippen LogP contribution in [0.3, 0.4) is 0 Å². The highest BCUT2D eigenvalue weighted by atomic mass is 32.1. The van der Waals surface area contributed by atoms with Gasteiger partial charge in [0.05, 0.1) is 0 Å². The van der Waals surface area contributed by atoms with Crippen molar-refractivity contribution in [3.8, 4) is 11.1 Å². The fourth-order valence-corrected chi connectivity index (χ4v) is 2.82. The molecule has 1 aromatic heterocycles. The molecule has 0 amide bonds. The molecule has 20 heavy (non-hydrogen) atoms. The molecule has 0 atom stereocenters. The first-order valence-corrected chi connectivity index (χ1v) is 7.43. The zero-order valence-electron chi connectivity index (χ0n) is 11.2. The largest absolute Gasteiger partial charge is 0.289 e. The Labute approximate surface area is 122 Å². The van der Waals surface area contributed by atoms with Crippen molar-refractivity contribution in [3.63, 3.8) is 0 Å². The second kappa shape index (κ2) is 5.43. The van der Waals surface area contributed by atoms with Gasteiger partial charge in [-0.2, -0.15) is 11.3 Å². The van der Waals surface area contributed by atoms with E-state index in [2.05, 4.69) is 0 Å². The summed E-state index contributed by atoms with van der Waals surface area (Å²) in [6.45, 7) is 2.01. The highest BCUT2D eigenvalue weighted by Crippen LogP contribution is 2.36. The number of hydrogen-bond acceptors (Lipinski definition) is 2. The molecule has 0 saturated heterocycles. The summed E-state index contributed by atoms with van der Waals surface area (Å²) in [4.78, 5) is 12.0. The van der Waals surface area contributed by atoms with E-state index in [1.165, 1.54) is 0 Å². The number of benzene rings is 2. The smallest absolute Gasteiger partial charge is 0.194 e. The molecule has 1 nitrogen and oxygen atoms in total. The number of fused-ring (bicyclic) bond motifs is 3. The zero-order chi connectivity index (χ0) is 13.9. The van der Waals surface area contributed by atoms with Crippen molar-refractivity contribution in [2.24, 2.45) is 0 Å². The molecule has 0 unspecified atom stereocenters. The first-order valence-electron chi connectivity index (χ1n) is 6.49. The van der Waals surface area contributed by atoms with Crippen molar-refractivity contribution < 1.29 is 4.79 Å². The van der Waals surface area contributed by atoms with Crippen LogP contribution in [0.2, 0.25) is 0 Å². The lowest BCUT2D eigenvalue weighted by Gasteiger charge is -1.99. The quantitative estimate of drug-likeness (QED) is 0.444. The predicted octanol–water partition coefficient (Wildman–Crippen LogP) is 4.95. The van der Waals surface area contributed by atoms with Gasteiger partial charge in [0.15, 0.2) is 5.78 Å². The van der Waals surface area contributed by atoms with Crippen LogP contribution in [0.15, 0.2) is 65.4 Å². The first-order chi connectivity index (χ1) is 9.77. The van der Waals surface area contributed by atoms with Gasteiger partial charge in [-0.25, -0.2) is 0 Å². The first kappa shape index (κ1) is 12.8. The van der Waals surface area contributed by atoms with E-state index in [1.54, 1.807) is 11.3 Å². The van der Waals surface area contributed by atoms with E-state index in [0.29, 0.717) is 0 Å². The molecule has 0 spiro atoms. The van der Waals surface area contributed by atoms with Crippen LogP contribution >= 0.6 is 11.3 Å². The lowest BCUT2D eigenvalue weighted by atomic mass is 10.0. The maximum Gasteiger partial charge on any atom is 0.194 e. The number of thiophene rings is 1. The van der Waals surface area contributed by atoms with Crippen molar-refractivity contribution in [2.45, 2.75) is 6.92 Å². The summed E-state index contributed by atoms with van der Waals surface area (Å²) in [5, 5.41) is 4.08. The third-order valence-electron chi connectivity index (χ3n) is 3.31. The molecule has 2 heteroatoms. The molecule has 0 radical (unpaired) electrons. The van der Waals surface area contributed by atoms with E-state index in [9.17, 15) is 4.79 Å². The van der Waals surface area contributed by atoms with E-state index in [-0.39, 0.29) is 5.78 Å². The van der Waals surface area contributed by atoms with Crippen molar-refractivity contribution >= 4 is 17.1 Å². The van der Waals surface area contributed by atoms with Gasteiger partial charge in [-0.15, -0.1) is 0 Å². The standard InChI is InChI=1S/C14H10O.C4H4S/c1-9-6-7-11-10-4-2-3-5-12(10)14(15)13(11)8-9;1-2-4-5-3-1/h2-8H,1H3;1-4H. The van der Waals surface area contributed by atoms with Gasteiger partial charge in [-0.3, -0.25) is 4.79 Å². The summed E-state index contributed by atoms with van der Waals surface area (Å²) in [5.74, 6) is 0.157. The van der Waals surface area contributed by atoms with Crippen LogP contribution in [0.25, 0.3) is 11.1 Å². The van der Waals surface area contributed by atoms with Gasteiger partial charge in [-0.05, 0) is 34.9 Å². The lowest BCUT2D eigenvalue weighted by Crippen LogP contribution is -1.94. The highest BCUT2D eigenvalue weighted by molar-refractivity contribution is 7.07. The second-order valence-electron chi connectivity index (χ2n) is 4.72. The van der Waals surface area contributed by atoms with Crippen LogP contribution in [0.1, 0.15) is 21.5 Å². The molecule has 0 saturated carbocycles. The second-order valence-corrected chi connectivity index (χ2v) is 5.53. The highest BCUT2D eigenvalue weighted by Gasteiger charge is 2.25. The van der Waals surface area contributed by atoms with Gasteiger partial charge in [0, 0.05) is 11.1 Å². The molecular weight excluding hydrogens is 264 g/mol. The zero-order valence-corrected chi connectivity index (χ0v) is 12.0. The van der Waals surface area contributed by atoms with Crippen LogP contribution in [-0.4, -0.2) is 5.78 Å². The molecule has 98 valence electrons. The fraction of sp³-hybridized carbons (Fsp3) is 0.0556. The Morgan fingerprint density at radius 3 is 2.05 bits per heavy atom. The van der Waals surface area contributed by atoms with Gasteiger partial charge >= 0.3 is 0 Å². The SMILES string of the molecule is Cc1ccc2c(c1)C(=O)c1ccccc1-2.c1ccsc1. The maximum absolute atomic E-state index is 12.0. The van der Waals surface area contributed by atoms with Crippen LogP contribution in [0.4, 0.5) is 0 Å². The van der Waals surface area contributed by atoms with Crippen molar-refractivity contribution in [1.29, 1.82) is 0 Å². The summed E-state index contributed by atoms with van der Waals surface area (Å²) in [6.07, 6.45) is 0. The van der Waals surface area contributed by atoms with E-state index in [4.69, 9.17) is 0 Å². The maximum atomic E-state index is 12.0. The summed E-state index contributed by atoms with van der Waals surface area (Å²) in [6, 6.07) is 17.9. The molecule has 1 aliphatic carbocycles.